The minimum atomic E-state index is -2.33. The number of phenolic OH excluding ortho intramolecular Hbond substituents is 1. The van der Waals surface area contributed by atoms with Crippen LogP contribution in [0.15, 0.2) is 48.8 Å². The number of nitrogens with zero attached hydrogens (tertiary/aromatic N) is 6. The van der Waals surface area contributed by atoms with E-state index < -0.39 is 31.4 Å². The Kier molecular flexibility index (Phi) is 10.6. The van der Waals surface area contributed by atoms with E-state index in [4.69, 9.17) is 19.7 Å². The Labute approximate surface area is 351 Å². The molecule has 4 saturated heterocycles. The van der Waals surface area contributed by atoms with Crippen molar-refractivity contribution >= 4 is 35.6 Å². The second kappa shape index (κ2) is 15.6. The number of benzene rings is 2. The monoisotopic (exact) mass is 833 g/mol. The summed E-state index contributed by atoms with van der Waals surface area (Å²) in [6.07, 6.45) is 6.52. The standard InChI is InChI=1S/C47H54F3N7O2Si/c1-27(2)60(28(3)4,29(5)6)19-14-36-38(49)11-8-31-20-35(58)21-37(39(31)36)43-41(50)44-40(42(53-43)30-12-16-51-17-13-30)45(56-24-33-9-10-34(25-56)52-33)55-46(54-44)59-26-47-15-7-18-57(47)23-32(48)22-47/h8,11-13,16-17,20-21,27-29,32-34,52,58H,7,9-10,15,18,22-26H2,1-6H3/t32-,33-,34+,47+/m1/s1. The molecular weight excluding hydrogens is 780 g/mol. The van der Waals surface area contributed by atoms with Crippen LogP contribution in [0.5, 0.6) is 11.8 Å². The van der Waals surface area contributed by atoms with E-state index in [1.54, 1.807) is 24.5 Å². The van der Waals surface area contributed by atoms with Crippen LogP contribution in [0.3, 0.4) is 0 Å². The molecule has 2 aromatic carbocycles. The van der Waals surface area contributed by atoms with Crippen LogP contribution in [0, 0.1) is 23.1 Å². The van der Waals surface area contributed by atoms with Crippen LogP contribution < -0.4 is 15.0 Å². The first-order chi connectivity index (χ1) is 28.8. The van der Waals surface area contributed by atoms with Gasteiger partial charge in [0.25, 0.3) is 0 Å². The lowest BCUT2D eigenvalue weighted by Crippen LogP contribution is -2.51. The third-order valence-electron chi connectivity index (χ3n) is 14.0. The molecular formula is C47H54F3N7O2Si. The number of aromatic hydroxyl groups is 1. The summed E-state index contributed by atoms with van der Waals surface area (Å²) in [6.45, 7) is 15.9. The summed E-state index contributed by atoms with van der Waals surface area (Å²) in [4.78, 5) is 23.6. The first-order valence-electron chi connectivity index (χ1n) is 21.6. The van der Waals surface area contributed by atoms with Crippen molar-refractivity contribution in [3.05, 3.63) is 66.0 Å². The zero-order chi connectivity index (χ0) is 42.1. The Hall–Kier alpha value is -4.77. The summed E-state index contributed by atoms with van der Waals surface area (Å²) < 4.78 is 55.7. The van der Waals surface area contributed by atoms with Gasteiger partial charge in [0.05, 0.1) is 22.2 Å². The molecule has 4 atom stereocenters. The van der Waals surface area contributed by atoms with Gasteiger partial charge in [-0.2, -0.15) is 9.97 Å². The Morgan fingerprint density at radius 2 is 1.63 bits per heavy atom. The maximum Gasteiger partial charge on any atom is 0.319 e. The number of hydrogen-bond donors (Lipinski definition) is 2. The largest absolute Gasteiger partial charge is 0.508 e. The van der Waals surface area contributed by atoms with Gasteiger partial charge in [-0.15, -0.1) is 5.54 Å². The molecule has 7 heterocycles. The van der Waals surface area contributed by atoms with Gasteiger partial charge in [0.2, 0.25) is 0 Å². The molecule has 0 spiro atoms. The highest BCUT2D eigenvalue weighted by molar-refractivity contribution is 6.90. The molecule has 5 aromatic rings. The van der Waals surface area contributed by atoms with Gasteiger partial charge in [0.15, 0.2) is 5.82 Å². The molecule has 2 N–H and O–H groups in total. The van der Waals surface area contributed by atoms with Crippen molar-refractivity contribution < 1.29 is 23.0 Å². The Bertz CT molecular complexity index is 2490. The maximum absolute atomic E-state index is 18.0. The smallest absolute Gasteiger partial charge is 0.319 e. The summed E-state index contributed by atoms with van der Waals surface area (Å²) in [7, 11) is -2.33. The Morgan fingerprint density at radius 1 is 0.917 bits per heavy atom. The van der Waals surface area contributed by atoms with Gasteiger partial charge in [-0.05, 0) is 84.6 Å². The summed E-state index contributed by atoms with van der Waals surface area (Å²) in [5.41, 5.74) is 5.37. The molecule has 13 heteroatoms. The average Bonchev–Trinajstić information content (AvgIpc) is 3.87. The lowest BCUT2D eigenvalue weighted by Gasteiger charge is -2.38. The van der Waals surface area contributed by atoms with Gasteiger partial charge in [0.1, 0.15) is 49.4 Å². The number of hydrogen-bond acceptors (Lipinski definition) is 9. The molecule has 314 valence electrons. The van der Waals surface area contributed by atoms with Crippen molar-refractivity contribution in [1.82, 2.24) is 30.2 Å². The van der Waals surface area contributed by atoms with Crippen molar-refractivity contribution in [3.8, 4) is 45.7 Å². The Balaban J connectivity index is 1.30. The zero-order valence-corrected chi connectivity index (χ0v) is 36.3. The second-order valence-electron chi connectivity index (χ2n) is 18.5. The van der Waals surface area contributed by atoms with E-state index in [1.165, 1.54) is 12.1 Å². The van der Waals surface area contributed by atoms with Crippen LogP contribution in [0.4, 0.5) is 19.0 Å². The summed E-state index contributed by atoms with van der Waals surface area (Å²) >= 11 is 0. The second-order valence-corrected chi connectivity index (χ2v) is 24.1. The molecule has 60 heavy (non-hydrogen) atoms. The summed E-state index contributed by atoms with van der Waals surface area (Å²) in [5, 5.41) is 16.2. The van der Waals surface area contributed by atoms with Crippen molar-refractivity contribution in [3.63, 3.8) is 0 Å². The number of halogens is 3. The number of ether oxygens (including phenoxy) is 1. The number of fused-ring (bicyclic) bond motifs is 5. The topological polar surface area (TPSA) is 99.5 Å². The average molecular weight is 834 g/mol. The van der Waals surface area contributed by atoms with E-state index in [0.717, 1.165) is 32.2 Å². The first-order valence-corrected chi connectivity index (χ1v) is 23.8. The number of pyridine rings is 2. The van der Waals surface area contributed by atoms with Crippen LogP contribution >= 0.6 is 0 Å². The quantitative estimate of drug-likeness (QED) is 0.111. The third kappa shape index (κ3) is 6.88. The summed E-state index contributed by atoms with van der Waals surface area (Å²) in [5.74, 6) is 2.40. The van der Waals surface area contributed by atoms with Crippen molar-refractivity contribution in [1.29, 1.82) is 0 Å². The lowest BCUT2D eigenvalue weighted by atomic mass is 9.95. The van der Waals surface area contributed by atoms with E-state index in [0.29, 0.717) is 75.9 Å². The number of alkyl halides is 1. The number of aromatic nitrogens is 4. The number of rotatable bonds is 9. The molecule has 0 saturated carbocycles. The minimum absolute atomic E-state index is 0.000590. The fraction of sp³-hybridized carbons (Fsp3) is 0.489. The highest BCUT2D eigenvalue weighted by atomic mass is 28.3. The van der Waals surface area contributed by atoms with E-state index in [2.05, 4.69) is 73.1 Å². The molecule has 2 bridgehead atoms. The molecule has 0 radical (unpaired) electrons. The Morgan fingerprint density at radius 3 is 2.33 bits per heavy atom. The van der Waals surface area contributed by atoms with Crippen molar-refractivity contribution in [2.75, 3.05) is 37.7 Å². The molecule has 4 aliphatic heterocycles. The highest BCUT2D eigenvalue weighted by Gasteiger charge is 2.49. The third-order valence-corrected chi connectivity index (χ3v) is 20.3. The van der Waals surface area contributed by atoms with E-state index in [1.807, 2.05) is 12.1 Å². The van der Waals surface area contributed by atoms with Gasteiger partial charge in [-0.3, -0.25) is 9.88 Å². The van der Waals surface area contributed by atoms with E-state index in [9.17, 15) is 9.50 Å². The minimum Gasteiger partial charge on any atom is -0.508 e. The van der Waals surface area contributed by atoms with Crippen molar-refractivity contribution in [2.45, 2.75) is 114 Å². The molecule has 0 amide bonds. The van der Waals surface area contributed by atoms with Crippen LogP contribution in [0.2, 0.25) is 16.6 Å². The summed E-state index contributed by atoms with van der Waals surface area (Å²) in [6, 6.07) is 10.0. The number of piperazine rings is 1. The molecule has 0 aliphatic carbocycles. The fourth-order valence-corrected chi connectivity index (χ4v) is 16.5. The predicted molar refractivity (Wildman–Crippen MR) is 234 cm³/mol. The van der Waals surface area contributed by atoms with E-state index in [-0.39, 0.29) is 52.8 Å². The van der Waals surface area contributed by atoms with Gasteiger partial charge in [-0.25, -0.2) is 18.2 Å². The van der Waals surface area contributed by atoms with Crippen molar-refractivity contribution in [2.24, 2.45) is 0 Å². The molecule has 3 aromatic heterocycles. The van der Waals surface area contributed by atoms with Crippen LogP contribution in [0.25, 0.3) is 44.2 Å². The van der Waals surface area contributed by atoms with Gasteiger partial charge in [-0.1, -0.05) is 53.5 Å². The van der Waals surface area contributed by atoms with Crippen LogP contribution in [0.1, 0.15) is 79.2 Å². The molecule has 9 nitrogen and oxygen atoms in total. The maximum atomic E-state index is 18.0. The molecule has 4 aliphatic rings. The number of nitrogens with one attached hydrogen (secondary N) is 1. The number of phenols is 1. The van der Waals surface area contributed by atoms with Gasteiger partial charge >= 0.3 is 6.01 Å². The highest BCUT2D eigenvalue weighted by Crippen LogP contribution is 2.45. The van der Waals surface area contributed by atoms with Crippen LogP contribution in [-0.4, -0.2) is 94.6 Å². The normalized spacial score (nSPS) is 23.0. The zero-order valence-electron chi connectivity index (χ0n) is 35.3. The molecule has 0 unspecified atom stereocenters. The predicted octanol–water partition coefficient (Wildman–Crippen LogP) is 9.36. The molecule has 9 rings (SSSR count). The SMILES string of the molecule is CC(C)[Si](C#Cc1c(F)ccc2cc(O)cc(-c3nc(-c4ccncc4)c4c(N5C[C@H]6CC[C@@H](C5)N6)nc(OC[C@@]56CCCN5C[C@H](F)C6)nc4c3F)c12)(C(C)C)C(C)C. The fourth-order valence-electron chi connectivity index (χ4n) is 11.3. The number of anilines is 1. The van der Waals surface area contributed by atoms with E-state index >= 15 is 8.78 Å². The van der Waals surface area contributed by atoms with Gasteiger partial charge < -0.3 is 20.1 Å². The first kappa shape index (κ1) is 40.6. The van der Waals surface area contributed by atoms with Gasteiger partial charge in [0, 0.05) is 67.0 Å². The molecule has 4 fully saturated rings. The van der Waals surface area contributed by atoms with Crippen LogP contribution in [-0.2, 0) is 0 Å². The lowest BCUT2D eigenvalue weighted by molar-refractivity contribution is 0.107.